The van der Waals surface area contributed by atoms with E-state index >= 15 is 0 Å². The average Bonchev–Trinajstić information content (AvgIpc) is 2.61. The Labute approximate surface area is 137 Å². The van der Waals surface area contributed by atoms with E-state index in [2.05, 4.69) is 0 Å². The summed E-state index contributed by atoms with van der Waals surface area (Å²) in [6.45, 7) is 0. The second-order valence-electron chi connectivity index (χ2n) is 5.26. The van der Waals surface area contributed by atoms with Gasteiger partial charge in [-0.05, 0) is 49.4 Å². The van der Waals surface area contributed by atoms with Crippen LogP contribution < -0.4 is 5.73 Å². The summed E-state index contributed by atoms with van der Waals surface area (Å²) in [5.74, 6) is -0.0505. The van der Waals surface area contributed by atoms with Crippen LogP contribution in [0.3, 0.4) is 0 Å². The molecule has 0 saturated carbocycles. The number of anilines is 1. The van der Waals surface area contributed by atoms with Crippen molar-refractivity contribution in [2.24, 2.45) is 0 Å². The van der Waals surface area contributed by atoms with Crippen LogP contribution in [0.25, 0.3) is 0 Å². The number of nitrogen functional groups attached to an aromatic ring is 1. The number of hydrogen-bond acceptors (Lipinski definition) is 3. The lowest BCUT2D eigenvalue weighted by Gasteiger charge is -2.06. The van der Waals surface area contributed by atoms with Crippen molar-refractivity contribution in [1.29, 1.82) is 0 Å². The first-order valence-electron chi connectivity index (χ1n) is 6.97. The molecule has 2 nitrogen and oxygen atoms in total. The summed E-state index contributed by atoms with van der Waals surface area (Å²) >= 11 is 13.5. The van der Waals surface area contributed by atoms with Gasteiger partial charge in [-0.25, -0.2) is 0 Å². The van der Waals surface area contributed by atoms with Crippen LogP contribution in [0.2, 0.25) is 10.0 Å². The predicted molar refractivity (Wildman–Crippen MR) is 89.9 cm³/mol. The van der Waals surface area contributed by atoms with Gasteiger partial charge >= 0.3 is 0 Å². The van der Waals surface area contributed by atoms with Crippen molar-refractivity contribution in [3.8, 4) is 0 Å². The predicted octanol–water partition coefficient (Wildman–Crippen LogP) is 5.14. The van der Waals surface area contributed by atoms with Gasteiger partial charge in [-0.3, -0.25) is 4.79 Å². The quantitative estimate of drug-likeness (QED) is 0.608. The lowest BCUT2D eigenvalue weighted by atomic mass is 9.98. The highest BCUT2D eigenvalue weighted by atomic mass is 35.5. The maximum atomic E-state index is 12.8. The molecule has 3 rings (SSSR count). The largest absolute Gasteiger partial charge is 0.390 e. The minimum absolute atomic E-state index is 0.0505. The van der Waals surface area contributed by atoms with E-state index in [9.17, 15) is 4.79 Å². The van der Waals surface area contributed by atoms with Crippen molar-refractivity contribution in [3.63, 3.8) is 0 Å². The van der Waals surface area contributed by atoms with Gasteiger partial charge in [0.1, 0.15) is 0 Å². The summed E-state index contributed by atoms with van der Waals surface area (Å²) in [5, 5.41) is 1.46. The molecule has 1 aromatic heterocycles. The molecular formula is C16H15Cl2NOS. The lowest BCUT2D eigenvalue weighted by Crippen LogP contribution is -2.06. The van der Waals surface area contributed by atoms with E-state index in [-0.39, 0.29) is 5.78 Å². The van der Waals surface area contributed by atoms with Crippen LogP contribution in [-0.4, -0.2) is 5.78 Å². The van der Waals surface area contributed by atoms with E-state index in [1.54, 1.807) is 29.5 Å². The van der Waals surface area contributed by atoms with Gasteiger partial charge in [-0.15, -0.1) is 11.3 Å². The van der Waals surface area contributed by atoms with Crippen LogP contribution in [0.15, 0.2) is 18.2 Å². The number of fused-ring (bicyclic) bond motifs is 1. The first kappa shape index (κ1) is 14.9. The van der Waals surface area contributed by atoms with Crippen LogP contribution in [0.1, 0.15) is 45.6 Å². The number of hydrogen-bond donors (Lipinski definition) is 1. The van der Waals surface area contributed by atoms with E-state index in [4.69, 9.17) is 28.9 Å². The Morgan fingerprint density at radius 3 is 2.62 bits per heavy atom. The van der Waals surface area contributed by atoms with Crippen LogP contribution in [0, 0.1) is 0 Å². The molecule has 1 aliphatic carbocycles. The summed E-state index contributed by atoms with van der Waals surface area (Å²) in [5.41, 5.74) is 8.48. The molecular weight excluding hydrogens is 325 g/mol. The topological polar surface area (TPSA) is 43.1 Å². The molecule has 2 aromatic rings. The molecule has 5 heteroatoms. The molecule has 1 aliphatic rings. The Kier molecular flexibility index (Phi) is 4.25. The van der Waals surface area contributed by atoms with Gasteiger partial charge in [-0.2, -0.15) is 0 Å². The van der Waals surface area contributed by atoms with Crippen molar-refractivity contribution >= 4 is 45.3 Å². The van der Waals surface area contributed by atoms with Crippen molar-refractivity contribution in [1.82, 2.24) is 0 Å². The summed E-state index contributed by atoms with van der Waals surface area (Å²) in [6.07, 6.45) is 5.46. The molecule has 0 unspecified atom stereocenters. The highest BCUT2D eigenvalue weighted by Crippen LogP contribution is 2.37. The third-order valence-corrected chi connectivity index (χ3v) is 5.72. The normalized spacial score (nSPS) is 14.6. The van der Waals surface area contributed by atoms with Crippen LogP contribution in [0.5, 0.6) is 0 Å². The number of ketones is 1. The minimum atomic E-state index is -0.0505. The van der Waals surface area contributed by atoms with Crippen molar-refractivity contribution in [2.45, 2.75) is 32.1 Å². The van der Waals surface area contributed by atoms with Crippen molar-refractivity contribution in [3.05, 3.63) is 49.8 Å². The van der Waals surface area contributed by atoms with Crippen molar-refractivity contribution < 1.29 is 4.79 Å². The van der Waals surface area contributed by atoms with Crippen LogP contribution >= 0.6 is 34.5 Å². The number of benzene rings is 1. The fourth-order valence-corrected chi connectivity index (χ4v) is 4.25. The zero-order valence-electron chi connectivity index (χ0n) is 11.4. The molecule has 0 fully saturated rings. The number of aryl methyl sites for hydroxylation is 1. The van der Waals surface area contributed by atoms with Crippen LogP contribution in [0.4, 0.5) is 5.00 Å². The summed E-state index contributed by atoms with van der Waals surface area (Å²) in [4.78, 5) is 14.1. The number of nitrogens with two attached hydrogens (primary N) is 1. The first-order valence-corrected chi connectivity index (χ1v) is 8.55. The smallest absolute Gasteiger partial charge is 0.196 e. The maximum absolute atomic E-state index is 12.8. The zero-order valence-corrected chi connectivity index (χ0v) is 13.7. The van der Waals surface area contributed by atoms with Gasteiger partial charge in [0.15, 0.2) is 5.78 Å². The Morgan fingerprint density at radius 2 is 1.86 bits per heavy atom. The average molecular weight is 340 g/mol. The fourth-order valence-electron chi connectivity index (χ4n) is 2.79. The van der Waals surface area contributed by atoms with Gasteiger partial charge in [-0.1, -0.05) is 29.6 Å². The number of rotatable bonds is 2. The van der Waals surface area contributed by atoms with Gasteiger partial charge < -0.3 is 5.73 Å². The Balaban J connectivity index is 2.05. The summed E-state index contributed by atoms with van der Waals surface area (Å²) in [6, 6.07) is 4.97. The molecule has 0 atom stereocenters. The Morgan fingerprint density at radius 1 is 1.10 bits per heavy atom. The molecule has 0 amide bonds. The van der Waals surface area contributed by atoms with Gasteiger partial charge in [0.05, 0.1) is 20.6 Å². The highest BCUT2D eigenvalue weighted by molar-refractivity contribution is 7.16. The third-order valence-electron chi connectivity index (χ3n) is 3.86. The molecule has 0 saturated heterocycles. The van der Waals surface area contributed by atoms with Gasteiger partial charge in [0, 0.05) is 10.4 Å². The summed E-state index contributed by atoms with van der Waals surface area (Å²) < 4.78 is 0. The van der Waals surface area contributed by atoms with Crippen molar-refractivity contribution in [2.75, 3.05) is 5.73 Å². The second-order valence-corrected chi connectivity index (χ2v) is 7.21. The van der Waals surface area contributed by atoms with E-state index in [0.29, 0.717) is 26.2 Å². The monoisotopic (exact) mass is 339 g/mol. The Bertz CT molecular complexity index is 709. The lowest BCUT2D eigenvalue weighted by molar-refractivity contribution is 0.103. The second kappa shape index (κ2) is 5.99. The molecule has 110 valence electrons. The van der Waals surface area contributed by atoms with Gasteiger partial charge in [0.2, 0.25) is 0 Å². The van der Waals surface area contributed by atoms with E-state index in [1.165, 1.54) is 17.7 Å². The molecule has 0 bridgehead atoms. The van der Waals surface area contributed by atoms with E-state index in [1.807, 2.05) is 0 Å². The van der Waals surface area contributed by atoms with Crippen LogP contribution in [-0.2, 0) is 12.8 Å². The molecule has 0 aliphatic heterocycles. The standard InChI is InChI=1S/C16H15Cl2NOS/c17-11-7-6-9(8-12(11)18)15(20)14-10-4-2-1-3-5-13(10)21-16(14)19/h6-8H,1-5,19H2. The number of carbonyl (C=O) groups excluding carboxylic acids is 1. The third kappa shape index (κ3) is 2.83. The Hall–Kier alpha value is -1.03. The highest BCUT2D eigenvalue weighted by Gasteiger charge is 2.24. The van der Waals surface area contributed by atoms with E-state index < -0.39 is 0 Å². The van der Waals surface area contributed by atoms with E-state index in [0.717, 1.165) is 24.8 Å². The molecule has 1 heterocycles. The number of thiophene rings is 1. The molecule has 0 radical (unpaired) electrons. The molecule has 1 aromatic carbocycles. The fraction of sp³-hybridized carbons (Fsp3) is 0.312. The SMILES string of the molecule is Nc1sc2c(c1C(=O)c1ccc(Cl)c(Cl)c1)CCCCC2. The maximum Gasteiger partial charge on any atom is 0.196 e. The zero-order chi connectivity index (χ0) is 15.0. The van der Waals surface area contributed by atoms with Gasteiger partial charge in [0.25, 0.3) is 0 Å². The summed E-state index contributed by atoms with van der Waals surface area (Å²) in [7, 11) is 0. The molecule has 0 spiro atoms. The minimum Gasteiger partial charge on any atom is -0.390 e. The molecule has 21 heavy (non-hydrogen) atoms. The molecule has 2 N–H and O–H groups in total. The first-order chi connectivity index (χ1) is 10.1. The number of halogens is 2. The number of carbonyl (C=O) groups is 1.